The zero-order valence-electron chi connectivity index (χ0n) is 17.9. The number of hydrogen-bond acceptors (Lipinski definition) is 4. The number of phenols is 1. The second kappa shape index (κ2) is 8.70. The van der Waals surface area contributed by atoms with E-state index in [1.54, 1.807) is 18.2 Å². The van der Waals surface area contributed by atoms with Crippen LogP contribution in [-0.2, 0) is 4.79 Å². The number of aromatic hydroxyl groups is 1. The molecule has 1 N–H and O–H groups in total. The van der Waals surface area contributed by atoms with Gasteiger partial charge in [-0.15, -0.1) is 0 Å². The van der Waals surface area contributed by atoms with Crippen LogP contribution in [0.3, 0.4) is 0 Å². The summed E-state index contributed by atoms with van der Waals surface area (Å²) in [6.45, 7) is 1.61. The summed E-state index contributed by atoms with van der Waals surface area (Å²) in [5.41, 5.74) is 2.71. The van der Waals surface area contributed by atoms with Crippen molar-refractivity contribution < 1.29 is 23.4 Å². The third kappa shape index (κ3) is 3.97. The Morgan fingerprint density at radius 1 is 0.970 bits per heavy atom. The lowest BCUT2D eigenvalue weighted by Crippen LogP contribution is -2.34. The smallest absolute Gasteiger partial charge is 0.283 e. The fourth-order valence-corrected chi connectivity index (χ4v) is 4.73. The van der Waals surface area contributed by atoms with Crippen molar-refractivity contribution in [2.75, 3.05) is 18.0 Å². The fourth-order valence-electron chi connectivity index (χ4n) is 4.73. The maximum Gasteiger partial charge on any atom is 0.283 e. The summed E-state index contributed by atoms with van der Waals surface area (Å²) in [4.78, 5) is 13.3. The predicted octanol–water partition coefficient (Wildman–Crippen LogP) is 5.81. The summed E-state index contributed by atoms with van der Waals surface area (Å²) in [6, 6.07) is 17.5. The number of anilines is 1. The molecule has 0 aromatic heterocycles. The number of hydrogen-bond donors (Lipinski definition) is 1. The van der Waals surface area contributed by atoms with Gasteiger partial charge in [0.15, 0.2) is 0 Å². The van der Waals surface area contributed by atoms with Gasteiger partial charge in [-0.05, 0) is 42.7 Å². The zero-order chi connectivity index (χ0) is 22.9. The molecule has 168 valence electrons. The Kier molecular flexibility index (Phi) is 5.58. The molecule has 33 heavy (non-hydrogen) atoms. The topological polar surface area (TPSA) is 49.8 Å². The lowest BCUT2D eigenvalue weighted by Gasteiger charge is -2.32. The summed E-state index contributed by atoms with van der Waals surface area (Å²) < 4.78 is 35.4. The lowest BCUT2D eigenvalue weighted by atomic mass is 9.80. The highest BCUT2D eigenvalue weighted by Gasteiger charge is 2.34. The van der Waals surface area contributed by atoms with E-state index in [1.165, 1.54) is 24.3 Å². The Morgan fingerprint density at radius 3 is 2.39 bits per heavy atom. The molecule has 1 fully saturated rings. The molecule has 2 heterocycles. The van der Waals surface area contributed by atoms with Crippen molar-refractivity contribution in [2.45, 2.75) is 18.8 Å². The third-order valence-corrected chi connectivity index (χ3v) is 6.50. The number of benzene rings is 3. The number of ether oxygens (including phenoxy) is 1. The highest BCUT2D eigenvalue weighted by Crippen LogP contribution is 2.49. The predicted molar refractivity (Wildman–Crippen MR) is 122 cm³/mol. The Hall–Kier alpha value is -3.67. The van der Waals surface area contributed by atoms with Gasteiger partial charge in [-0.1, -0.05) is 36.4 Å². The quantitative estimate of drug-likeness (QED) is 0.513. The average molecular weight is 447 g/mol. The van der Waals surface area contributed by atoms with Gasteiger partial charge in [0.25, 0.3) is 6.01 Å². The monoisotopic (exact) mass is 447 g/mol. The van der Waals surface area contributed by atoms with Crippen molar-refractivity contribution in [1.82, 2.24) is 0 Å². The number of rotatable bonds is 4. The van der Waals surface area contributed by atoms with Crippen LogP contribution in [0.1, 0.15) is 35.4 Å². The number of piperidine rings is 1. The van der Waals surface area contributed by atoms with Gasteiger partial charge >= 0.3 is 0 Å². The van der Waals surface area contributed by atoms with Gasteiger partial charge in [0.05, 0.1) is 0 Å². The molecule has 0 aliphatic carbocycles. The second-order valence-electron chi connectivity index (χ2n) is 8.48. The van der Waals surface area contributed by atoms with Crippen molar-refractivity contribution in [3.63, 3.8) is 0 Å². The van der Waals surface area contributed by atoms with E-state index in [9.17, 15) is 14.3 Å². The first kappa shape index (κ1) is 21.2. The van der Waals surface area contributed by atoms with Gasteiger partial charge in [-0.25, -0.2) is 4.39 Å². The van der Waals surface area contributed by atoms with Gasteiger partial charge in [-0.3, -0.25) is 0 Å². The number of nitrogens with zero attached hydrogens (tertiary/aromatic N) is 1. The van der Waals surface area contributed by atoms with Crippen LogP contribution in [-0.4, -0.2) is 24.5 Å². The fraction of sp³-hybridized carbons (Fsp3) is 0.222. The normalized spacial score (nSPS) is 18.6. The number of allylic oxidation sites excluding steroid dienone is 1. The Labute approximate surface area is 190 Å². The van der Waals surface area contributed by atoms with E-state index < -0.39 is 17.7 Å². The van der Waals surface area contributed by atoms with Gasteiger partial charge in [0.1, 0.15) is 23.6 Å². The van der Waals surface area contributed by atoms with E-state index in [-0.39, 0.29) is 28.6 Å². The Balaban J connectivity index is 1.55. The molecular weight excluding hydrogens is 424 g/mol. The summed E-state index contributed by atoms with van der Waals surface area (Å²) in [5.74, 6) is -0.859. The number of fused-ring (bicyclic) bond motifs is 1. The highest BCUT2D eigenvalue weighted by atomic mass is 19.1. The van der Waals surface area contributed by atoms with Crippen LogP contribution < -0.4 is 9.64 Å². The van der Waals surface area contributed by atoms with Crippen LogP contribution in [0.5, 0.6) is 11.5 Å². The SMILES string of the molecule is O=CC1CCN(c2ccc(C3C(c4ccccc4F)=C(F)Oc4cc(O)ccc43)cc2)CC1. The molecule has 3 aromatic carbocycles. The van der Waals surface area contributed by atoms with Crippen LogP contribution in [0.2, 0.25) is 0 Å². The number of carbonyl (C=O) groups excluding carboxylic acids is 1. The molecule has 1 saturated heterocycles. The van der Waals surface area contributed by atoms with Crippen molar-refractivity contribution in [3.05, 3.63) is 95.3 Å². The van der Waals surface area contributed by atoms with E-state index in [1.807, 2.05) is 24.3 Å². The molecule has 1 unspecified atom stereocenters. The largest absolute Gasteiger partial charge is 0.508 e. The molecule has 0 amide bonds. The first-order chi connectivity index (χ1) is 16.0. The molecule has 6 heteroatoms. The molecular formula is C27H23F2NO3. The molecule has 2 aliphatic heterocycles. The summed E-state index contributed by atoms with van der Waals surface area (Å²) >= 11 is 0. The number of phenolic OH excluding ortho intramolecular Hbond substituents is 1. The maximum atomic E-state index is 15.3. The Morgan fingerprint density at radius 2 is 1.70 bits per heavy atom. The minimum atomic E-state index is -0.886. The van der Waals surface area contributed by atoms with Crippen LogP contribution in [0.25, 0.3) is 5.57 Å². The van der Waals surface area contributed by atoms with Gasteiger partial charge < -0.3 is 19.5 Å². The maximum absolute atomic E-state index is 15.3. The number of aldehydes is 1. The van der Waals surface area contributed by atoms with Gasteiger partial charge in [-0.2, -0.15) is 4.39 Å². The summed E-state index contributed by atoms with van der Waals surface area (Å²) in [7, 11) is 0. The molecule has 0 spiro atoms. The lowest BCUT2D eigenvalue weighted by molar-refractivity contribution is -0.111. The van der Waals surface area contributed by atoms with Crippen molar-refractivity contribution in [3.8, 4) is 11.5 Å². The highest BCUT2D eigenvalue weighted by molar-refractivity contribution is 5.79. The van der Waals surface area contributed by atoms with Crippen LogP contribution in [0, 0.1) is 11.7 Å². The molecule has 0 saturated carbocycles. The van der Waals surface area contributed by atoms with Crippen LogP contribution in [0.15, 0.2) is 72.7 Å². The van der Waals surface area contributed by atoms with Crippen molar-refractivity contribution in [1.29, 1.82) is 0 Å². The summed E-state index contributed by atoms with van der Waals surface area (Å²) in [5, 5.41) is 9.87. The Bertz CT molecular complexity index is 1210. The first-order valence-corrected chi connectivity index (χ1v) is 11.0. The van der Waals surface area contributed by atoms with E-state index in [4.69, 9.17) is 4.74 Å². The zero-order valence-corrected chi connectivity index (χ0v) is 17.9. The summed E-state index contributed by atoms with van der Waals surface area (Å²) in [6.07, 6.45) is 2.69. The molecule has 4 nitrogen and oxygen atoms in total. The molecule has 0 radical (unpaired) electrons. The molecule has 1 atom stereocenters. The molecule has 5 rings (SSSR count). The number of carbonyl (C=O) groups is 1. The van der Waals surface area contributed by atoms with E-state index in [0.29, 0.717) is 5.56 Å². The third-order valence-electron chi connectivity index (χ3n) is 6.50. The molecule has 0 bridgehead atoms. The van der Waals surface area contributed by atoms with Crippen molar-refractivity contribution in [2.24, 2.45) is 5.92 Å². The van der Waals surface area contributed by atoms with Crippen molar-refractivity contribution >= 4 is 17.5 Å². The van der Waals surface area contributed by atoms with Gasteiger partial charge in [0, 0.05) is 53.4 Å². The minimum Gasteiger partial charge on any atom is -0.508 e. The number of halogens is 2. The van der Waals surface area contributed by atoms with E-state index in [2.05, 4.69) is 4.90 Å². The standard InChI is InChI=1S/C27H23F2NO3/c28-23-4-2-1-3-21(23)26-25(22-10-9-20(32)15-24(22)33-27(26)29)18-5-7-19(8-6-18)30-13-11-17(16-31)12-14-30/h1-10,15-17,25,32H,11-14H2. The molecule has 3 aromatic rings. The minimum absolute atomic E-state index is 0.0382. The first-order valence-electron chi connectivity index (χ1n) is 11.0. The van der Waals surface area contributed by atoms with E-state index >= 15 is 4.39 Å². The average Bonchev–Trinajstić information content (AvgIpc) is 2.84. The van der Waals surface area contributed by atoms with Crippen LogP contribution in [0.4, 0.5) is 14.5 Å². The van der Waals surface area contributed by atoms with Gasteiger partial charge in [0.2, 0.25) is 0 Å². The van der Waals surface area contributed by atoms with Crippen LogP contribution >= 0.6 is 0 Å². The van der Waals surface area contributed by atoms with E-state index in [0.717, 1.165) is 43.5 Å². The second-order valence-corrected chi connectivity index (χ2v) is 8.48. The molecule has 2 aliphatic rings.